The molecule has 2 aromatic heterocycles. The number of aliphatic hydroxyl groups excluding tert-OH is 1. The van der Waals surface area contributed by atoms with E-state index in [4.69, 9.17) is 9.47 Å². The number of hydrogen-bond acceptors (Lipinski definition) is 8. The maximum atomic E-state index is 12.1. The number of ether oxygens (including phenoxy) is 2. The predicted octanol–water partition coefficient (Wildman–Crippen LogP) is 4.65. The number of fused-ring (bicyclic) bond motifs is 2. The fourth-order valence-corrected chi connectivity index (χ4v) is 4.87. The van der Waals surface area contributed by atoms with Crippen LogP contribution < -0.4 is 0 Å². The number of aromatic nitrogens is 4. The Balaban J connectivity index is 0.000000220. The van der Waals surface area contributed by atoms with E-state index in [0.717, 1.165) is 11.4 Å². The van der Waals surface area contributed by atoms with Gasteiger partial charge in [0.05, 0.1) is 49.0 Å². The average molecular weight is 561 g/mol. The number of nitrogens with zero attached hydrogens (tertiary/aromatic N) is 6. The Bertz CT molecular complexity index is 1230. The summed E-state index contributed by atoms with van der Waals surface area (Å²) >= 11 is 0. The largest absolute Gasteiger partial charge is 0.444 e. The number of ketones is 1. The lowest BCUT2D eigenvalue weighted by Crippen LogP contribution is -2.43. The molecule has 2 aromatic rings. The van der Waals surface area contributed by atoms with Crippen molar-refractivity contribution in [3.8, 4) is 0 Å². The predicted molar refractivity (Wildman–Crippen MR) is 148 cm³/mol. The topological polar surface area (TPSA) is 132 Å². The van der Waals surface area contributed by atoms with Crippen LogP contribution in [0.15, 0.2) is 12.4 Å². The number of Topliss-reactive ketones (excluding diaryl/α,β-unsaturated/α-hetero) is 1. The van der Waals surface area contributed by atoms with Gasteiger partial charge in [0.15, 0.2) is 11.6 Å². The Kier molecular flexibility index (Phi) is 9.02. The van der Waals surface area contributed by atoms with Gasteiger partial charge in [-0.2, -0.15) is 0 Å². The van der Waals surface area contributed by atoms with Gasteiger partial charge >= 0.3 is 12.2 Å². The van der Waals surface area contributed by atoms with Crippen molar-refractivity contribution >= 4 is 18.0 Å². The van der Waals surface area contributed by atoms with E-state index < -0.39 is 17.3 Å². The third-order valence-corrected chi connectivity index (χ3v) is 6.32. The van der Waals surface area contributed by atoms with E-state index in [1.807, 2.05) is 64.5 Å². The third kappa shape index (κ3) is 7.41. The Hall–Kier alpha value is -3.41. The summed E-state index contributed by atoms with van der Waals surface area (Å²) < 4.78 is 14.7. The quantitative estimate of drug-likeness (QED) is 0.525. The molecule has 12 heteroatoms. The summed E-state index contributed by atoms with van der Waals surface area (Å²) in [5, 5.41) is 9.73. The molecule has 222 valence electrons. The first-order valence-corrected chi connectivity index (χ1v) is 13.6. The van der Waals surface area contributed by atoms with Gasteiger partial charge in [-0.1, -0.05) is 0 Å². The van der Waals surface area contributed by atoms with Gasteiger partial charge in [-0.25, -0.2) is 19.6 Å². The van der Waals surface area contributed by atoms with Crippen LogP contribution in [0.4, 0.5) is 9.59 Å². The molecule has 2 aliphatic rings. The average Bonchev–Trinajstić information content (AvgIpc) is 3.42. The van der Waals surface area contributed by atoms with Crippen LogP contribution in [0.5, 0.6) is 0 Å². The van der Waals surface area contributed by atoms with Crippen molar-refractivity contribution in [2.45, 2.75) is 112 Å². The lowest BCUT2D eigenvalue weighted by Gasteiger charge is -2.35. The summed E-state index contributed by atoms with van der Waals surface area (Å²) in [6, 6.07) is 0.0750. The first-order chi connectivity index (χ1) is 18.4. The van der Waals surface area contributed by atoms with Crippen molar-refractivity contribution in [3.05, 3.63) is 35.4 Å². The van der Waals surface area contributed by atoms with E-state index in [9.17, 15) is 19.5 Å². The van der Waals surface area contributed by atoms with Crippen LogP contribution in [0.3, 0.4) is 0 Å². The summed E-state index contributed by atoms with van der Waals surface area (Å²) in [4.78, 5) is 47.5. The van der Waals surface area contributed by atoms with Gasteiger partial charge < -0.3 is 33.5 Å². The van der Waals surface area contributed by atoms with Crippen LogP contribution in [-0.2, 0) is 22.6 Å². The molecule has 3 atom stereocenters. The minimum Gasteiger partial charge on any atom is -0.444 e. The molecule has 1 N–H and O–H groups in total. The Morgan fingerprint density at radius 2 is 1.27 bits per heavy atom. The molecule has 2 amide bonds. The molecular weight excluding hydrogens is 516 g/mol. The zero-order valence-corrected chi connectivity index (χ0v) is 25.4. The fourth-order valence-electron chi connectivity index (χ4n) is 4.87. The number of imidazole rings is 2. The normalized spacial score (nSPS) is 19.6. The number of rotatable bonds is 2. The molecule has 1 unspecified atom stereocenters. The van der Waals surface area contributed by atoms with Crippen LogP contribution in [0.1, 0.15) is 115 Å². The van der Waals surface area contributed by atoms with Crippen LogP contribution in [0.25, 0.3) is 0 Å². The summed E-state index contributed by atoms with van der Waals surface area (Å²) in [6.07, 6.45) is 2.12. The van der Waals surface area contributed by atoms with Crippen molar-refractivity contribution in [1.29, 1.82) is 0 Å². The molecule has 0 radical (unpaired) electrons. The van der Waals surface area contributed by atoms with Crippen LogP contribution >= 0.6 is 0 Å². The standard InChI is InChI=1S/C14H23N3O3.C14H21N3O3/c2*1-9-7-16(13(19)20-14(3,4)5)8-11-6-15-12(10(2)18)17(9)11/h6,9-10,18H,7-8H2,1-5H3;6,9H,7-8H2,1-5H3/t9-,10?;9-/m00/s1. The molecule has 0 fully saturated rings. The molecule has 40 heavy (non-hydrogen) atoms. The third-order valence-electron chi connectivity index (χ3n) is 6.32. The molecule has 12 nitrogen and oxygen atoms in total. The molecule has 2 aliphatic heterocycles. The molecule has 4 rings (SSSR count). The number of carbonyl (C=O) groups is 3. The van der Waals surface area contributed by atoms with Crippen molar-refractivity contribution in [1.82, 2.24) is 28.9 Å². The maximum absolute atomic E-state index is 12.1. The SMILES string of the molecule is CC(=O)c1ncc2n1[C@@H](C)CN(C(=O)OC(C)(C)C)C2.CC(O)c1ncc2n1[C@@H](C)CN(C(=O)OC(C)(C)C)C2. The Labute approximate surface area is 236 Å². The van der Waals surface area contributed by atoms with Crippen LogP contribution in [0, 0.1) is 0 Å². The van der Waals surface area contributed by atoms with E-state index in [1.54, 1.807) is 29.1 Å². The second-order valence-corrected chi connectivity index (χ2v) is 12.6. The van der Waals surface area contributed by atoms with E-state index in [1.165, 1.54) is 6.92 Å². The second-order valence-electron chi connectivity index (χ2n) is 12.6. The van der Waals surface area contributed by atoms with Gasteiger partial charge in [-0.3, -0.25) is 4.79 Å². The summed E-state index contributed by atoms with van der Waals surface area (Å²) in [6.45, 7) is 20.2. The minimum atomic E-state index is -0.612. The van der Waals surface area contributed by atoms with Gasteiger partial charge in [0.25, 0.3) is 0 Å². The van der Waals surface area contributed by atoms with Crippen molar-refractivity contribution < 1.29 is 29.0 Å². The molecular formula is C28H44N6O6. The summed E-state index contributed by atoms with van der Waals surface area (Å²) in [5.74, 6) is 1.04. The lowest BCUT2D eigenvalue weighted by atomic mass is 10.2. The van der Waals surface area contributed by atoms with Crippen molar-refractivity contribution in [3.63, 3.8) is 0 Å². The van der Waals surface area contributed by atoms with E-state index in [-0.39, 0.29) is 30.1 Å². The maximum Gasteiger partial charge on any atom is 0.410 e. The highest BCUT2D eigenvalue weighted by atomic mass is 16.6. The number of amides is 2. The van der Waals surface area contributed by atoms with Gasteiger partial charge in [0.2, 0.25) is 0 Å². The Morgan fingerprint density at radius 1 is 0.850 bits per heavy atom. The summed E-state index contributed by atoms with van der Waals surface area (Å²) in [7, 11) is 0. The van der Waals surface area contributed by atoms with Crippen LogP contribution in [-0.4, -0.2) is 76.3 Å². The zero-order chi connectivity index (χ0) is 30.2. The van der Waals surface area contributed by atoms with E-state index in [0.29, 0.717) is 37.8 Å². The van der Waals surface area contributed by atoms with E-state index >= 15 is 0 Å². The highest BCUT2D eigenvalue weighted by Gasteiger charge is 2.32. The molecule has 0 bridgehead atoms. The highest BCUT2D eigenvalue weighted by Crippen LogP contribution is 2.27. The summed E-state index contributed by atoms with van der Waals surface area (Å²) in [5.41, 5.74) is 0.774. The molecule has 0 aromatic carbocycles. The van der Waals surface area contributed by atoms with Crippen LogP contribution in [0.2, 0.25) is 0 Å². The Morgan fingerprint density at radius 3 is 1.70 bits per heavy atom. The first-order valence-electron chi connectivity index (χ1n) is 13.6. The zero-order valence-electron chi connectivity index (χ0n) is 25.4. The highest BCUT2D eigenvalue weighted by molar-refractivity contribution is 5.90. The van der Waals surface area contributed by atoms with Crippen molar-refractivity contribution in [2.24, 2.45) is 0 Å². The number of aliphatic hydroxyl groups is 1. The van der Waals surface area contributed by atoms with E-state index in [2.05, 4.69) is 9.97 Å². The molecule has 0 spiro atoms. The van der Waals surface area contributed by atoms with Gasteiger partial charge in [-0.05, 0) is 62.3 Å². The van der Waals surface area contributed by atoms with Gasteiger partial charge in [-0.15, -0.1) is 0 Å². The number of carbonyl (C=O) groups excluding carboxylic acids is 3. The second kappa shape index (κ2) is 11.6. The molecule has 0 saturated heterocycles. The number of hydrogen-bond donors (Lipinski definition) is 1. The fraction of sp³-hybridized carbons (Fsp3) is 0.679. The minimum absolute atomic E-state index is 0.00710. The first kappa shape index (κ1) is 31.1. The van der Waals surface area contributed by atoms with Gasteiger partial charge in [0, 0.05) is 20.0 Å². The lowest BCUT2D eigenvalue weighted by molar-refractivity contribution is 0.0161. The smallest absolute Gasteiger partial charge is 0.410 e. The monoisotopic (exact) mass is 560 g/mol. The molecule has 0 aliphatic carbocycles. The van der Waals surface area contributed by atoms with Crippen molar-refractivity contribution in [2.75, 3.05) is 13.1 Å². The molecule has 0 saturated carbocycles. The van der Waals surface area contributed by atoms with Gasteiger partial charge in [0.1, 0.15) is 23.1 Å². The molecule has 4 heterocycles.